The lowest BCUT2D eigenvalue weighted by Gasteiger charge is -2.36. The van der Waals surface area contributed by atoms with Crippen LogP contribution in [0.4, 0.5) is 0 Å². The van der Waals surface area contributed by atoms with Gasteiger partial charge in [0, 0.05) is 13.1 Å². The Bertz CT molecular complexity index is 229. The Morgan fingerprint density at radius 1 is 1.57 bits per heavy atom. The molecule has 0 aromatic heterocycles. The van der Waals surface area contributed by atoms with Crippen LogP contribution in [0.3, 0.4) is 0 Å². The number of aliphatic carboxylic acids is 2. The molecule has 0 aliphatic rings. The van der Waals surface area contributed by atoms with Crippen molar-refractivity contribution in [1.82, 2.24) is 5.09 Å². The van der Waals surface area contributed by atoms with E-state index < -0.39 is 24.8 Å². The van der Waals surface area contributed by atoms with Crippen LogP contribution in [-0.4, -0.2) is 34.9 Å². The number of rotatable bonds is 6. The highest BCUT2D eigenvalue weighted by molar-refractivity contribution is 8.38. The summed E-state index contributed by atoms with van der Waals surface area (Å²) < 4.78 is 0. The molecule has 82 valence electrons. The van der Waals surface area contributed by atoms with E-state index in [1.807, 2.05) is 0 Å². The van der Waals surface area contributed by atoms with Crippen molar-refractivity contribution < 1.29 is 24.7 Å². The Morgan fingerprint density at radius 3 is 2.36 bits per heavy atom. The number of hydrogen-bond donors (Lipinski definition) is 3. The molecule has 2 atom stereocenters. The first-order valence-corrected chi connectivity index (χ1v) is 6.90. The molecule has 1 unspecified atom stereocenters. The fraction of sp³-hybridized carbons (Fsp3) is 0.667. The number of carbonyl (C=O) groups is 2. The van der Waals surface area contributed by atoms with Gasteiger partial charge in [-0.05, 0) is 6.42 Å². The van der Waals surface area contributed by atoms with Gasteiger partial charge in [-0.2, -0.15) is 0 Å². The third kappa shape index (κ3) is 7.08. The van der Waals surface area contributed by atoms with E-state index in [9.17, 15) is 14.5 Å². The Hall–Kier alpha value is -0.360. The average Bonchev–Trinajstić information content (AvgIpc) is 1.94. The van der Waals surface area contributed by atoms with Gasteiger partial charge in [-0.1, -0.05) is 6.84 Å². The molecule has 0 fully saturated rings. The summed E-state index contributed by atoms with van der Waals surface area (Å²) in [7, 11) is 0. The lowest BCUT2D eigenvalue weighted by Crippen LogP contribution is -2.39. The zero-order valence-electron chi connectivity index (χ0n) is 7.47. The van der Waals surface area contributed by atoms with E-state index in [4.69, 9.17) is 10.2 Å². The molecule has 8 heteroatoms. The van der Waals surface area contributed by atoms with Crippen molar-refractivity contribution in [2.45, 2.75) is 18.9 Å². The quantitative estimate of drug-likeness (QED) is 0.411. The fourth-order valence-electron chi connectivity index (χ4n) is 0.794. The molecule has 0 aliphatic carbocycles. The molecular weight excluding hydrogens is 229 g/mol. The standard InChI is InChI=1S/C6H12NO5PS/c1-13(12,14)7-4(6(10)11)2-3-5(8)9/h4H,2-3H2,1H3,(H,8,9)(H,10,11)(H2,7,12,14)/p-1/t4-,13?/m0/s1. The van der Waals surface area contributed by atoms with Gasteiger partial charge in [0.2, 0.25) is 0 Å². The molecule has 0 aliphatic heterocycles. The first kappa shape index (κ1) is 13.6. The van der Waals surface area contributed by atoms with Crippen LogP contribution >= 0.6 is 6.84 Å². The third-order valence-electron chi connectivity index (χ3n) is 1.34. The van der Waals surface area contributed by atoms with Gasteiger partial charge in [-0.15, -0.1) is 0 Å². The van der Waals surface area contributed by atoms with E-state index >= 15 is 0 Å². The van der Waals surface area contributed by atoms with Crippen molar-refractivity contribution in [3.05, 3.63) is 0 Å². The first-order chi connectivity index (χ1) is 6.22. The first-order valence-electron chi connectivity index (χ1n) is 3.73. The van der Waals surface area contributed by atoms with Gasteiger partial charge in [0.05, 0.1) is 0 Å². The number of nitrogens with one attached hydrogen (secondary N) is 1. The van der Waals surface area contributed by atoms with E-state index in [1.165, 1.54) is 6.66 Å². The van der Waals surface area contributed by atoms with Gasteiger partial charge in [0.1, 0.15) is 6.04 Å². The highest BCUT2D eigenvalue weighted by atomic mass is 32.7. The molecule has 0 saturated heterocycles. The number of hydrogen-bond acceptors (Lipinski definition) is 5. The van der Waals surface area contributed by atoms with Gasteiger partial charge < -0.3 is 27.4 Å². The van der Waals surface area contributed by atoms with Crippen LogP contribution in [0.15, 0.2) is 0 Å². The second-order valence-corrected chi connectivity index (χ2v) is 6.84. The van der Waals surface area contributed by atoms with Crippen LogP contribution in [0.1, 0.15) is 12.8 Å². The summed E-state index contributed by atoms with van der Waals surface area (Å²) >= 11 is 4.49. The molecule has 0 spiro atoms. The monoisotopic (exact) mass is 240 g/mol. The topological polar surface area (TPSA) is 110 Å². The SMILES string of the molecule is C[P+]([O-])([S-])N[C@@H](CCC(=O)O)C(=O)O. The molecule has 0 heterocycles. The molecule has 0 bridgehead atoms. The van der Waals surface area contributed by atoms with Crippen molar-refractivity contribution in [2.75, 3.05) is 6.66 Å². The van der Waals surface area contributed by atoms with Crippen LogP contribution in [0.5, 0.6) is 0 Å². The van der Waals surface area contributed by atoms with Gasteiger partial charge in [0.25, 0.3) is 0 Å². The number of carboxylic acids is 2. The van der Waals surface area contributed by atoms with Crippen molar-refractivity contribution in [2.24, 2.45) is 0 Å². The summed E-state index contributed by atoms with van der Waals surface area (Å²) in [6.07, 6.45) is -0.446. The van der Waals surface area contributed by atoms with Crippen LogP contribution in [0.2, 0.25) is 0 Å². The van der Waals surface area contributed by atoms with Gasteiger partial charge in [-0.3, -0.25) is 9.59 Å². The number of carboxylic acid groups (broad SMARTS) is 2. The minimum absolute atomic E-state index is 0.140. The van der Waals surface area contributed by atoms with Crippen molar-refractivity contribution in [3.8, 4) is 0 Å². The van der Waals surface area contributed by atoms with Crippen LogP contribution in [0.25, 0.3) is 0 Å². The maximum absolute atomic E-state index is 11.1. The Kier molecular flexibility index (Phi) is 5.36. The molecule has 0 saturated carbocycles. The van der Waals surface area contributed by atoms with E-state index in [0.29, 0.717) is 0 Å². The summed E-state index contributed by atoms with van der Waals surface area (Å²) in [5.41, 5.74) is 0. The molecule has 0 radical (unpaired) electrons. The zero-order valence-corrected chi connectivity index (χ0v) is 9.18. The maximum atomic E-state index is 11.1. The molecule has 0 amide bonds. The van der Waals surface area contributed by atoms with E-state index in [0.717, 1.165) is 0 Å². The largest absolute Gasteiger partial charge is 0.682 e. The fourth-order valence-corrected chi connectivity index (χ4v) is 1.98. The van der Waals surface area contributed by atoms with Crippen LogP contribution < -0.4 is 9.98 Å². The van der Waals surface area contributed by atoms with Crippen molar-refractivity contribution in [1.29, 1.82) is 0 Å². The minimum Gasteiger partial charge on any atom is -0.682 e. The molecule has 0 aromatic rings. The highest BCUT2D eigenvalue weighted by Crippen LogP contribution is 2.37. The summed E-state index contributed by atoms with van der Waals surface area (Å²) in [6, 6.07) is -1.17. The smallest absolute Gasteiger partial charge is 0.324 e. The molecular formula is C6H11NO5PS-. The van der Waals surface area contributed by atoms with E-state index in [2.05, 4.69) is 17.3 Å². The van der Waals surface area contributed by atoms with Gasteiger partial charge >= 0.3 is 11.9 Å². The molecule has 0 rings (SSSR count). The van der Waals surface area contributed by atoms with E-state index in [1.54, 1.807) is 0 Å². The average molecular weight is 240 g/mol. The molecule has 14 heavy (non-hydrogen) atoms. The lowest BCUT2D eigenvalue weighted by molar-refractivity contribution is -0.166. The highest BCUT2D eigenvalue weighted by Gasteiger charge is 2.22. The van der Waals surface area contributed by atoms with E-state index in [-0.39, 0.29) is 12.8 Å². The normalized spacial score (nSPS) is 17.1. The van der Waals surface area contributed by atoms with Crippen LogP contribution in [-0.2, 0) is 21.8 Å². The molecule has 6 nitrogen and oxygen atoms in total. The molecule has 0 aromatic carbocycles. The summed E-state index contributed by atoms with van der Waals surface area (Å²) in [5.74, 6) is -2.36. The Labute approximate surface area is 87.0 Å². The summed E-state index contributed by atoms with van der Waals surface area (Å²) in [6.45, 7) is -1.87. The minimum atomic E-state index is -3.08. The van der Waals surface area contributed by atoms with Crippen LogP contribution in [0, 0.1) is 0 Å². The predicted molar refractivity (Wildman–Crippen MR) is 51.6 cm³/mol. The Morgan fingerprint density at radius 2 is 2.07 bits per heavy atom. The summed E-state index contributed by atoms with van der Waals surface area (Å²) in [4.78, 5) is 31.8. The second-order valence-electron chi connectivity index (χ2n) is 2.80. The third-order valence-corrected chi connectivity index (χ3v) is 2.43. The maximum Gasteiger partial charge on any atom is 0.324 e. The van der Waals surface area contributed by atoms with Gasteiger partial charge in [-0.25, -0.2) is 5.09 Å². The summed E-state index contributed by atoms with van der Waals surface area (Å²) in [5, 5.41) is 19.2. The molecule has 3 N–H and O–H groups in total. The van der Waals surface area contributed by atoms with Crippen molar-refractivity contribution >= 4 is 31.0 Å². The predicted octanol–water partition coefficient (Wildman–Crippen LogP) is -0.806. The van der Waals surface area contributed by atoms with Crippen molar-refractivity contribution in [3.63, 3.8) is 0 Å². The second kappa shape index (κ2) is 5.50. The lowest BCUT2D eigenvalue weighted by atomic mass is 10.2. The van der Waals surface area contributed by atoms with Gasteiger partial charge in [0.15, 0.2) is 0 Å². The zero-order chi connectivity index (χ0) is 11.4. The Balaban J connectivity index is 4.17.